The number of aromatic nitrogens is 1. The van der Waals surface area contributed by atoms with Crippen LogP contribution in [0.4, 0.5) is 0 Å². The third-order valence-electron chi connectivity index (χ3n) is 2.06. The molecule has 0 radical (unpaired) electrons. The first-order valence-corrected chi connectivity index (χ1v) is 6.99. The summed E-state index contributed by atoms with van der Waals surface area (Å²) in [6.45, 7) is 3.29. The predicted molar refractivity (Wildman–Crippen MR) is 65.3 cm³/mol. The highest BCUT2D eigenvalue weighted by Crippen LogP contribution is 2.12. The molecule has 0 amide bonds. The number of halogens is 1. The Morgan fingerprint density at radius 1 is 1.47 bits per heavy atom. The number of pyridine rings is 1. The maximum absolute atomic E-state index is 11.9. The van der Waals surface area contributed by atoms with Crippen LogP contribution in [0.5, 0.6) is 0 Å². The Labute approximate surface area is 106 Å². The molecule has 0 saturated carbocycles. The van der Waals surface area contributed by atoms with Crippen molar-refractivity contribution >= 4 is 21.6 Å². The van der Waals surface area contributed by atoms with Gasteiger partial charge in [-0.2, -0.15) is 0 Å². The van der Waals surface area contributed by atoms with Crippen LogP contribution in [-0.2, 0) is 10.0 Å². The smallest absolute Gasteiger partial charge is 0.242 e. The molecule has 2 N–H and O–H groups in total. The molecule has 1 aromatic heterocycles. The quantitative estimate of drug-likeness (QED) is 0.793. The molecule has 1 aromatic rings. The summed E-state index contributed by atoms with van der Waals surface area (Å²) in [5.41, 5.74) is 0. The topological polar surface area (TPSA) is 79.3 Å². The molecule has 5 nitrogen and oxygen atoms in total. The molecule has 0 spiro atoms. The molecule has 1 heterocycles. The summed E-state index contributed by atoms with van der Waals surface area (Å²) in [7, 11) is -3.60. The van der Waals surface area contributed by atoms with Gasteiger partial charge in [0, 0.05) is 12.2 Å². The Morgan fingerprint density at radius 2 is 2.12 bits per heavy atom. The molecule has 0 fully saturated rings. The minimum atomic E-state index is -3.60. The second-order valence-electron chi connectivity index (χ2n) is 3.92. The van der Waals surface area contributed by atoms with Crippen LogP contribution in [0.1, 0.15) is 20.3 Å². The van der Waals surface area contributed by atoms with Gasteiger partial charge in [0.25, 0.3) is 0 Å². The molecule has 2 unspecified atom stereocenters. The van der Waals surface area contributed by atoms with Gasteiger partial charge in [-0.1, -0.05) is 11.6 Å². The maximum atomic E-state index is 11.9. The van der Waals surface area contributed by atoms with E-state index in [1.165, 1.54) is 18.3 Å². The van der Waals surface area contributed by atoms with E-state index >= 15 is 0 Å². The van der Waals surface area contributed by atoms with E-state index < -0.39 is 16.1 Å². The molecular weight excluding hydrogens is 264 g/mol. The first-order chi connectivity index (χ1) is 7.81. The summed E-state index contributed by atoms with van der Waals surface area (Å²) in [6, 6.07) is 2.44. The summed E-state index contributed by atoms with van der Waals surface area (Å²) < 4.78 is 26.2. The average molecular weight is 279 g/mol. The number of nitrogens with zero attached hydrogens (tertiary/aromatic N) is 1. The Morgan fingerprint density at radius 3 is 2.59 bits per heavy atom. The molecule has 0 aliphatic heterocycles. The Balaban J connectivity index is 2.78. The van der Waals surface area contributed by atoms with Gasteiger partial charge in [0.15, 0.2) is 0 Å². The summed E-state index contributed by atoms with van der Waals surface area (Å²) in [5.74, 6) is 0. The fourth-order valence-electron chi connectivity index (χ4n) is 1.41. The fourth-order valence-corrected chi connectivity index (χ4v) is 2.73. The number of rotatable bonds is 5. The van der Waals surface area contributed by atoms with Gasteiger partial charge in [0.05, 0.1) is 6.10 Å². The molecule has 0 aromatic carbocycles. The highest BCUT2D eigenvalue weighted by atomic mass is 35.5. The number of hydrogen-bond donors (Lipinski definition) is 2. The van der Waals surface area contributed by atoms with Gasteiger partial charge in [-0.3, -0.25) is 0 Å². The molecular formula is C10H15ClN2O3S. The molecule has 7 heteroatoms. The largest absolute Gasteiger partial charge is 0.393 e. The van der Waals surface area contributed by atoms with Gasteiger partial charge >= 0.3 is 0 Å². The zero-order valence-electron chi connectivity index (χ0n) is 9.59. The van der Waals surface area contributed by atoms with Crippen molar-refractivity contribution in [1.82, 2.24) is 9.71 Å². The van der Waals surface area contributed by atoms with Gasteiger partial charge in [0.2, 0.25) is 10.0 Å². The number of aliphatic hydroxyl groups is 1. The van der Waals surface area contributed by atoms with Crippen molar-refractivity contribution in [3.63, 3.8) is 0 Å². The van der Waals surface area contributed by atoms with E-state index in [0.717, 1.165) is 0 Å². The highest BCUT2D eigenvalue weighted by molar-refractivity contribution is 7.89. The van der Waals surface area contributed by atoms with Crippen LogP contribution in [0.3, 0.4) is 0 Å². The van der Waals surface area contributed by atoms with Gasteiger partial charge in [0.1, 0.15) is 10.0 Å². The van der Waals surface area contributed by atoms with Crippen molar-refractivity contribution in [2.24, 2.45) is 0 Å². The van der Waals surface area contributed by atoms with Crippen molar-refractivity contribution < 1.29 is 13.5 Å². The van der Waals surface area contributed by atoms with E-state index in [-0.39, 0.29) is 16.1 Å². The monoisotopic (exact) mass is 278 g/mol. The standard InChI is InChI=1S/C10H15ClN2O3S/c1-7(5-8(2)14)13-17(15,16)9-3-4-10(11)12-6-9/h3-4,6-8,13-14H,5H2,1-2H3. The SMILES string of the molecule is CC(O)CC(C)NS(=O)(=O)c1ccc(Cl)nc1. The van der Waals surface area contributed by atoms with E-state index in [1.54, 1.807) is 13.8 Å². The van der Waals surface area contributed by atoms with Crippen LogP contribution in [0.2, 0.25) is 5.15 Å². The van der Waals surface area contributed by atoms with Gasteiger partial charge < -0.3 is 5.11 Å². The lowest BCUT2D eigenvalue weighted by atomic mass is 10.2. The van der Waals surface area contributed by atoms with E-state index in [4.69, 9.17) is 16.7 Å². The van der Waals surface area contributed by atoms with Gasteiger partial charge in [-0.25, -0.2) is 18.1 Å². The van der Waals surface area contributed by atoms with Crippen LogP contribution in [0, 0.1) is 0 Å². The van der Waals surface area contributed by atoms with Gasteiger partial charge in [-0.15, -0.1) is 0 Å². The minimum absolute atomic E-state index is 0.0549. The predicted octanol–water partition coefficient (Wildman–Crippen LogP) is 1.17. The van der Waals surface area contributed by atoms with Crippen molar-refractivity contribution in [3.8, 4) is 0 Å². The average Bonchev–Trinajstić information content (AvgIpc) is 2.15. The molecule has 17 heavy (non-hydrogen) atoms. The summed E-state index contributed by atoms with van der Waals surface area (Å²) in [6.07, 6.45) is 0.982. The van der Waals surface area contributed by atoms with E-state index in [2.05, 4.69) is 9.71 Å². The first kappa shape index (κ1) is 14.4. The lowest BCUT2D eigenvalue weighted by molar-refractivity contribution is 0.175. The summed E-state index contributed by atoms with van der Waals surface area (Å²) in [5, 5.41) is 9.40. The molecule has 0 saturated heterocycles. The Hall–Kier alpha value is -0.690. The van der Waals surface area contributed by atoms with Crippen molar-refractivity contribution in [3.05, 3.63) is 23.5 Å². The number of nitrogens with one attached hydrogen (secondary N) is 1. The van der Waals surface area contributed by atoms with Crippen molar-refractivity contribution in [2.75, 3.05) is 0 Å². The third kappa shape index (κ3) is 4.59. The summed E-state index contributed by atoms with van der Waals surface area (Å²) in [4.78, 5) is 3.77. The zero-order chi connectivity index (χ0) is 13.1. The lowest BCUT2D eigenvalue weighted by Crippen LogP contribution is -2.34. The second kappa shape index (κ2) is 5.77. The van der Waals surface area contributed by atoms with Crippen LogP contribution in [0.15, 0.2) is 23.2 Å². The molecule has 1 rings (SSSR count). The van der Waals surface area contributed by atoms with E-state index in [9.17, 15) is 8.42 Å². The Kier molecular flexibility index (Phi) is 4.88. The van der Waals surface area contributed by atoms with E-state index in [1.807, 2.05) is 0 Å². The normalized spacial score (nSPS) is 15.5. The van der Waals surface area contributed by atoms with Crippen LogP contribution in [0.25, 0.3) is 0 Å². The summed E-state index contributed by atoms with van der Waals surface area (Å²) >= 11 is 5.58. The molecule has 2 atom stereocenters. The molecule has 96 valence electrons. The van der Waals surface area contributed by atoms with Crippen LogP contribution >= 0.6 is 11.6 Å². The van der Waals surface area contributed by atoms with Crippen LogP contribution < -0.4 is 4.72 Å². The van der Waals surface area contributed by atoms with Crippen molar-refractivity contribution in [1.29, 1.82) is 0 Å². The number of sulfonamides is 1. The molecule has 0 aliphatic carbocycles. The first-order valence-electron chi connectivity index (χ1n) is 5.13. The Bertz CT molecular complexity index is 459. The number of hydrogen-bond acceptors (Lipinski definition) is 4. The van der Waals surface area contributed by atoms with Gasteiger partial charge in [-0.05, 0) is 32.4 Å². The van der Waals surface area contributed by atoms with E-state index in [0.29, 0.717) is 6.42 Å². The third-order valence-corrected chi connectivity index (χ3v) is 3.86. The van der Waals surface area contributed by atoms with Crippen LogP contribution in [-0.4, -0.2) is 30.7 Å². The highest BCUT2D eigenvalue weighted by Gasteiger charge is 2.18. The zero-order valence-corrected chi connectivity index (χ0v) is 11.2. The lowest BCUT2D eigenvalue weighted by Gasteiger charge is -2.15. The maximum Gasteiger partial charge on any atom is 0.242 e. The molecule has 0 bridgehead atoms. The van der Waals surface area contributed by atoms with Crippen molar-refractivity contribution in [2.45, 2.75) is 37.3 Å². The number of aliphatic hydroxyl groups excluding tert-OH is 1. The second-order valence-corrected chi connectivity index (χ2v) is 6.02. The molecule has 0 aliphatic rings. The minimum Gasteiger partial charge on any atom is -0.393 e. The fraction of sp³-hybridized carbons (Fsp3) is 0.500.